The highest BCUT2D eigenvalue weighted by Gasteiger charge is 2.27. The van der Waals surface area contributed by atoms with Gasteiger partial charge in [-0.05, 0) is 57.5 Å². The quantitative estimate of drug-likeness (QED) is 0.738. The van der Waals surface area contributed by atoms with Gasteiger partial charge in [-0.2, -0.15) is 0 Å². The summed E-state index contributed by atoms with van der Waals surface area (Å²) in [7, 11) is 2.14. The summed E-state index contributed by atoms with van der Waals surface area (Å²) in [5.74, 6) is 3.74. The Balaban J connectivity index is 1.27. The molecule has 2 aromatic heterocycles. The molecule has 1 N–H and O–H groups in total. The highest BCUT2D eigenvalue weighted by atomic mass is 15.3. The fourth-order valence-electron chi connectivity index (χ4n) is 4.71. The summed E-state index contributed by atoms with van der Waals surface area (Å²) in [5, 5.41) is 9.12. The number of imidazole rings is 1. The van der Waals surface area contributed by atoms with Gasteiger partial charge in [0.15, 0.2) is 0 Å². The van der Waals surface area contributed by atoms with Crippen molar-refractivity contribution >= 4 is 11.0 Å². The van der Waals surface area contributed by atoms with Crippen molar-refractivity contribution in [3.63, 3.8) is 0 Å². The summed E-state index contributed by atoms with van der Waals surface area (Å²) < 4.78 is 2.24. The van der Waals surface area contributed by atoms with E-state index in [0.717, 1.165) is 54.7 Å². The van der Waals surface area contributed by atoms with Crippen molar-refractivity contribution in [2.45, 2.75) is 44.7 Å². The van der Waals surface area contributed by atoms with Gasteiger partial charge in [0, 0.05) is 19.5 Å². The molecule has 0 bridgehead atoms. The van der Waals surface area contributed by atoms with Gasteiger partial charge in [-0.3, -0.25) is 9.80 Å². The third-order valence-corrected chi connectivity index (χ3v) is 6.24. The van der Waals surface area contributed by atoms with E-state index in [-0.39, 0.29) is 0 Å². The molecule has 148 valence electrons. The number of nitrogens with one attached hydrogen (secondary N) is 1. The molecule has 0 aliphatic carbocycles. The number of hydrogen-bond donors (Lipinski definition) is 1. The van der Waals surface area contributed by atoms with Crippen molar-refractivity contribution in [1.82, 2.24) is 34.5 Å². The second-order valence-electron chi connectivity index (χ2n) is 8.29. The standard InChI is InChI=1S/C21H29N7/c1-26-20(15-27-10-4-5-11-27)24-25-21(26)16-7-6-12-28(13-16)14-19-22-17-8-2-3-9-18(17)23-19/h2-3,8-9,16H,4-7,10-15H2,1H3,(H,22,23)/t16-/m1/s1. The van der Waals surface area contributed by atoms with Crippen LogP contribution < -0.4 is 0 Å². The average molecular weight is 380 g/mol. The third kappa shape index (κ3) is 3.56. The Kier molecular flexibility index (Phi) is 4.86. The highest BCUT2D eigenvalue weighted by Crippen LogP contribution is 2.27. The van der Waals surface area contributed by atoms with E-state index in [4.69, 9.17) is 4.98 Å². The minimum atomic E-state index is 0.447. The topological polar surface area (TPSA) is 65.9 Å². The van der Waals surface area contributed by atoms with Gasteiger partial charge < -0.3 is 9.55 Å². The van der Waals surface area contributed by atoms with Gasteiger partial charge in [-0.25, -0.2) is 4.98 Å². The molecular weight excluding hydrogens is 350 g/mol. The summed E-state index contributed by atoms with van der Waals surface area (Å²) in [6.45, 7) is 6.31. The molecule has 2 saturated heterocycles. The predicted molar refractivity (Wildman–Crippen MR) is 109 cm³/mol. The van der Waals surface area contributed by atoms with Gasteiger partial charge in [0.2, 0.25) is 0 Å². The van der Waals surface area contributed by atoms with Crippen LogP contribution in [0.4, 0.5) is 0 Å². The minimum absolute atomic E-state index is 0.447. The van der Waals surface area contributed by atoms with Crippen molar-refractivity contribution in [1.29, 1.82) is 0 Å². The first kappa shape index (κ1) is 17.8. The molecule has 7 heteroatoms. The van der Waals surface area contributed by atoms with E-state index in [2.05, 4.69) is 54.8 Å². The van der Waals surface area contributed by atoms with E-state index >= 15 is 0 Å². The zero-order chi connectivity index (χ0) is 18.9. The van der Waals surface area contributed by atoms with Crippen LogP contribution in [0, 0.1) is 0 Å². The molecule has 5 rings (SSSR count). The second kappa shape index (κ2) is 7.64. The SMILES string of the molecule is Cn1c(CN2CCCC2)nnc1[C@@H]1CCCN(Cc2nc3ccccc3[nH]2)C1. The molecule has 1 atom stereocenters. The molecule has 1 aromatic carbocycles. The Hall–Kier alpha value is -2.25. The number of H-pyrrole nitrogens is 1. The number of para-hydroxylation sites is 2. The molecule has 0 radical (unpaired) electrons. The zero-order valence-electron chi connectivity index (χ0n) is 16.6. The number of aromatic amines is 1. The molecule has 0 amide bonds. The number of fused-ring (bicyclic) bond motifs is 1. The zero-order valence-corrected chi connectivity index (χ0v) is 16.6. The van der Waals surface area contributed by atoms with Gasteiger partial charge in [0.1, 0.15) is 17.5 Å². The number of likely N-dealkylation sites (tertiary alicyclic amines) is 2. The predicted octanol–water partition coefficient (Wildman–Crippen LogP) is 2.67. The molecule has 28 heavy (non-hydrogen) atoms. The monoisotopic (exact) mass is 379 g/mol. The maximum atomic E-state index is 4.75. The lowest BCUT2D eigenvalue weighted by Gasteiger charge is -2.31. The van der Waals surface area contributed by atoms with Crippen LogP contribution in [-0.2, 0) is 20.1 Å². The number of benzene rings is 1. The Morgan fingerprint density at radius 3 is 2.68 bits per heavy atom. The van der Waals surface area contributed by atoms with E-state index in [0.29, 0.717) is 5.92 Å². The summed E-state index contributed by atoms with van der Waals surface area (Å²) in [6.07, 6.45) is 5.00. The molecular formula is C21H29N7. The Labute approximate surface area is 165 Å². The number of aromatic nitrogens is 5. The molecule has 0 spiro atoms. The Morgan fingerprint density at radius 2 is 1.82 bits per heavy atom. The van der Waals surface area contributed by atoms with E-state index in [9.17, 15) is 0 Å². The van der Waals surface area contributed by atoms with Crippen LogP contribution in [0.5, 0.6) is 0 Å². The molecule has 0 unspecified atom stereocenters. The van der Waals surface area contributed by atoms with Crippen molar-refractivity contribution < 1.29 is 0 Å². The summed E-state index contributed by atoms with van der Waals surface area (Å²) in [5.41, 5.74) is 2.16. The normalized spacial score (nSPS) is 21.7. The van der Waals surface area contributed by atoms with Crippen LogP contribution in [0.3, 0.4) is 0 Å². The molecule has 2 fully saturated rings. The maximum Gasteiger partial charge on any atom is 0.146 e. The molecule has 4 heterocycles. The number of nitrogens with zero attached hydrogens (tertiary/aromatic N) is 6. The first-order valence-corrected chi connectivity index (χ1v) is 10.5. The largest absolute Gasteiger partial charge is 0.341 e. The van der Waals surface area contributed by atoms with Crippen LogP contribution in [-0.4, -0.2) is 60.7 Å². The molecule has 7 nitrogen and oxygen atoms in total. The van der Waals surface area contributed by atoms with Crippen LogP contribution in [0.2, 0.25) is 0 Å². The van der Waals surface area contributed by atoms with Crippen LogP contribution in [0.15, 0.2) is 24.3 Å². The average Bonchev–Trinajstić information content (AvgIpc) is 3.43. The lowest BCUT2D eigenvalue weighted by atomic mass is 9.97. The molecule has 0 saturated carbocycles. The molecule has 3 aromatic rings. The van der Waals surface area contributed by atoms with E-state index in [1.807, 2.05) is 6.07 Å². The Morgan fingerprint density at radius 1 is 1.00 bits per heavy atom. The lowest BCUT2D eigenvalue weighted by molar-refractivity contribution is 0.191. The first-order chi connectivity index (χ1) is 13.8. The first-order valence-electron chi connectivity index (χ1n) is 10.5. The number of piperidine rings is 1. The fourth-order valence-corrected chi connectivity index (χ4v) is 4.71. The van der Waals surface area contributed by atoms with Crippen LogP contribution in [0.25, 0.3) is 11.0 Å². The van der Waals surface area contributed by atoms with Crippen molar-refractivity contribution in [3.8, 4) is 0 Å². The van der Waals surface area contributed by atoms with E-state index < -0.39 is 0 Å². The van der Waals surface area contributed by atoms with Crippen molar-refractivity contribution in [3.05, 3.63) is 41.7 Å². The molecule has 2 aliphatic rings. The van der Waals surface area contributed by atoms with Gasteiger partial charge in [0.05, 0.1) is 24.1 Å². The van der Waals surface area contributed by atoms with E-state index in [1.165, 1.54) is 38.8 Å². The van der Waals surface area contributed by atoms with Crippen molar-refractivity contribution in [2.75, 3.05) is 26.2 Å². The summed E-state index contributed by atoms with van der Waals surface area (Å²) in [4.78, 5) is 13.2. The smallest absolute Gasteiger partial charge is 0.146 e. The number of rotatable bonds is 5. The lowest BCUT2D eigenvalue weighted by Crippen LogP contribution is -2.35. The number of hydrogen-bond acceptors (Lipinski definition) is 5. The minimum Gasteiger partial charge on any atom is -0.341 e. The van der Waals surface area contributed by atoms with Gasteiger partial charge >= 0.3 is 0 Å². The highest BCUT2D eigenvalue weighted by molar-refractivity contribution is 5.74. The van der Waals surface area contributed by atoms with Crippen molar-refractivity contribution in [2.24, 2.45) is 7.05 Å². The van der Waals surface area contributed by atoms with Crippen LogP contribution in [0.1, 0.15) is 49.1 Å². The summed E-state index contributed by atoms with van der Waals surface area (Å²) in [6, 6.07) is 8.24. The molecule has 2 aliphatic heterocycles. The Bertz CT molecular complexity index is 904. The van der Waals surface area contributed by atoms with Gasteiger partial charge in [0.25, 0.3) is 0 Å². The second-order valence-corrected chi connectivity index (χ2v) is 8.29. The van der Waals surface area contributed by atoms with E-state index in [1.54, 1.807) is 0 Å². The third-order valence-electron chi connectivity index (χ3n) is 6.24. The summed E-state index contributed by atoms with van der Waals surface area (Å²) >= 11 is 0. The fraction of sp³-hybridized carbons (Fsp3) is 0.571. The van der Waals surface area contributed by atoms with Gasteiger partial charge in [-0.15, -0.1) is 10.2 Å². The van der Waals surface area contributed by atoms with Gasteiger partial charge in [-0.1, -0.05) is 12.1 Å². The maximum absolute atomic E-state index is 4.75. The van der Waals surface area contributed by atoms with Crippen LogP contribution >= 0.6 is 0 Å².